The summed E-state index contributed by atoms with van der Waals surface area (Å²) in [5.74, 6) is 0.428. The minimum absolute atomic E-state index is 0.0221. The zero-order valence-electron chi connectivity index (χ0n) is 13.9. The van der Waals surface area contributed by atoms with E-state index in [1.165, 1.54) is 0 Å². The van der Waals surface area contributed by atoms with Crippen molar-refractivity contribution in [2.75, 3.05) is 18.6 Å². The average molecular weight is 438 g/mol. The van der Waals surface area contributed by atoms with E-state index >= 15 is 0 Å². The highest BCUT2D eigenvalue weighted by atomic mass is 32.3. The Bertz CT molecular complexity index is 596. The van der Waals surface area contributed by atoms with Crippen molar-refractivity contribution in [2.24, 2.45) is 5.16 Å². The zero-order chi connectivity index (χ0) is 19.9. The fourth-order valence-corrected chi connectivity index (χ4v) is 4.05. The van der Waals surface area contributed by atoms with Crippen LogP contribution in [0.25, 0.3) is 0 Å². The first-order chi connectivity index (χ1) is 12.0. The van der Waals surface area contributed by atoms with Crippen LogP contribution >= 0.6 is 11.8 Å². The second kappa shape index (κ2) is 10.9. The summed E-state index contributed by atoms with van der Waals surface area (Å²) in [4.78, 5) is 0. The third kappa shape index (κ3) is 8.14. The fraction of sp³-hybridized carbons (Fsp3) is 0.917. The van der Waals surface area contributed by atoms with Crippen LogP contribution < -0.4 is 0 Å². The predicted molar refractivity (Wildman–Crippen MR) is 94.2 cm³/mol. The molecule has 0 spiro atoms. The quantitative estimate of drug-likeness (QED) is 0.0901. The number of aliphatic hydroxyl groups is 4. The molecule has 1 aliphatic rings. The van der Waals surface area contributed by atoms with Crippen LogP contribution in [0.1, 0.15) is 19.3 Å². The molecule has 0 amide bonds. The molecule has 26 heavy (non-hydrogen) atoms. The second-order valence-corrected chi connectivity index (χ2v) is 9.27. The Morgan fingerprint density at radius 2 is 1.88 bits per heavy atom. The molecule has 1 rings (SSSR count). The van der Waals surface area contributed by atoms with Crippen molar-refractivity contribution in [2.45, 2.75) is 49.1 Å². The summed E-state index contributed by atoms with van der Waals surface area (Å²) in [6.07, 6.45) is -3.09. The van der Waals surface area contributed by atoms with E-state index in [0.29, 0.717) is 18.6 Å². The van der Waals surface area contributed by atoms with Crippen LogP contribution in [0, 0.1) is 0 Å². The molecule has 0 aliphatic carbocycles. The normalized spacial score (nSPS) is 31.6. The van der Waals surface area contributed by atoms with E-state index in [-0.39, 0.29) is 11.5 Å². The van der Waals surface area contributed by atoms with Gasteiger partial charge in [-0.3, -0.25) is 8.76 Å². The molecule has 5 N–H and O–H groups in total. The molecule has 1 unspecified atom stereocenters. The maximum absolute atomic E-state index is 11.1. The SMILES string of the molecule is CS(=O)CCCC/C(=N\OS(=O)(=O)O)S[C@@H]1O[C@H](CO)[C@@H](O)[C@H](O)[C@H]1O. The molecule has 154 valence electrons. The summed E-state index contributed by atoms with van der Waals surface area (Å²) in [5, 5.41) is 42.0. The molecule has 1 saturated heterocycles. The Labute approximate surface area is 157 Å². The molecule has 14 heteroatoms. The van der Waals surface area contributed by atoms with Gasteiger partial charge in [0.15, 0.2) is 0 Å². The van der Waals surface area contributed by atoms with Crippen LogP contribution in [0.2, 0.25) is 0 Å². The Hall–Kier alpha value is -0.320. The molecule has 0 aromatic carbocycles. The topological polar surface area (TPSA) is 183 Å². The summed E-state index contributed by atoms with van der Waals surface area (Å²) in [6.45, 7) is -0.613. The van der Waals surface area contributed by atoms with Crippen LogP contribution in [-0.4, -0.2) is 91.1 Å². The van der Waals surface area contributed by atoms with Gasteiger partial charge in [-0.15, -0.1) is 0 Å². The van der Waals surface area contributed by atoms with E-state index in [0.717, 1.165) is 11.8 Å². The maximum Gasteiger partial charge on any atom is 0.466 e. The van der Waals surface area contributed by atoms with Gasteiger partial charge in [0.1, 0.15) is 34.9 Å². The molecule has 6 atom stereocenters. The third-order valence-corrected chi connectivity index (χ3v) is 5.71. The van der Waals surface area contributed by atoms with Gasteiger partial charge < -0.3 is 25.2 Å². The molecule has 0 aromatic rings. The van der Waals surface area contributed by atoms with Gasteiger partial charge >= 0.3 is 10.4 Å². The van der Waals surface area contributed by atoms with Gasteiger partial charge in [0.25, 0.3) is 0 Å². The summed E-state index contributed by atoms with van der Waals surface area (Å²) < 4.78 is 50.4. The summed E-state index contributed by atoms with van der Waals surface area (Å²) in [7, 11) is -5.83. The fourth-order valence-electron chi connectivity index (χ4n) is 2.10. The Morgan fingerprint density at radius 1 is 1.23 bits per heavy atom. The van der Waals surface area contributed by atoms with E-state index in [9.17, 15) is 27.9 Å². The Balaban J connectivity index is 2.80. The van der Waals surface area contributed by atoms with Gasteiger partial charge in [-0.2, -0.15) is 8.42 Å². The number of ether oxygens (including phenoxy) is 1. The molecule has 0 aromatic heterocycles. The van der Waals surface area contributed by atoms with Crippen molar-refractivity contribution < 1.29 is 46.6 Å². The van der Waals surface area contributed by atoms with E-state index in [1.54, 1.807) is 6.26 Å². The van der Waals surface area contributed by atoms with Crippen molar-refractivity contribution >= 4 is 38.0 Å². The minimum Gasteiger partial charge on any atom is -0.394 e. The van der Waals surface area contributed by atoms with E-state index in [2.05, 4.69) is 9.44 Å². The summed E-state index contributed by atoms with van der Waals surface area (Å²) in [5.41, 5.74) is -1.17. The first-order valence-electron chi connectivity index (χ1n) is 7.55. The van der Waals surface area contributed by atoms with Gasteiger partial charge in [0.2, 0.25) is 0 Å². The lowest BCUT2D eigenvalue weighted by atomic mass is 10.0. The van der Waals surface area contributed by atoms with Crippen LogP contribution in [0.3, 0.4) is 0 Å². The van der Waals surface area contributed by atoms with Gasteiger partial charge in [-0.1, -0.05) is 16.9 Å². The van der Waals surface area contributed by atoms with Crippen molar-refractivity contribution in [1.82, 2.24) is 0 Å². The van der Waals surface area contributed by atoms with E-state index in [4.69, 9.17) is 14.4 Å². The number of nitrogens with zero attached hydrogens (tertiary/aromatic N) is 1. The van der Waals surface area contributed by atoms with Crippen LogP contribution in [0.5, 0.6) is 0 Å². The highest BCUT2D eigenvalue weighted by Crippen LogP contribution is 2.30. The molecular formula is C12H23NO10S3. The largest absolute Gasteiger partial charge is 0.466 e. The Kier molecular flexibility index (Phi) is 9.92. The highest BCUT2D eigenvalue weighted by Gasteiger charge is 2.44. The smallest absolute Gasteiger partial charge is 0.394 e. The predicted octanol–water partition coefficient (Wildman–Crippen LogP) is -1.80. The number of aliphatic hydroxyl groups excluding tert-OH is 4. The first kappa shape index (κ1) is 23.7. The summed E-state index contributed by atoms with van der Waals surface area (Å²) >= 11 is 0.717. The molecule has 0 bridgehead atoms. The molecule has 0 saturated carbocycles. The van der Waals surface area contributed by atoms with Crippen molar-refractivity contribution in [3.63, 3.8) is 0 Å². The van der Waals surface area contributed by atoms with Gasteiger partial charge in [0, 0.05) is 22.8 Å². The second-order valence-electron chi connectivity index (χ2n) is 5.54. The van der Waals surface area contributed by atoms with Crippen molar-refractivity contribution in [1.29, 1.82) is 0 Å². The monoisotopic (exact) mass is 437 g/mol. The number of unbranched alkanes of at least 4 members (excludes halogenated alkanes) is 1. The zero-order valence-corrected chi connectivity index (χ0v) is 16.3. The van der Waals surface area contributed by atoms with E-state index in [1.807, 2.05) is 0 Å². The average Bonchev–Trinajstić information content (AvgIpc) is 2.55. The van der Waals surface area contributed by atoms with Gasteiger partial charge in [-0.05, 0) is 19.3 Å². The molecule has 11 nitrogen and oxygen atoms in total. The van der Waals surface area contributed by atoms with Crippen molar-refractivity contribution in [3.8, 4) is 0 Å². The molecule has 1 aliphatic heterocycles. The van der Waals surface area contributed by atoms with Gasteiger partial charge in [-0.25, -0.2) is 4.28 Å². The number of hydrogen-bond acceptors (Lipinski definition) is 11. The number of rotatable bonds is 9. The molecule has 0 radical (unpaired) electrons. The molecule has 1 fully saturated rings. The number of hydrogen-bond donors (Lipinski definition) is 5. The molecule has 1 heterocycles. The standard InChI is InChI=1S/C12H23NO10S3/c1-25(18)5-3-2-4-8(13-23-26(19,20)21)24-12-11(17)10(16)9(15)7(6-14)22-12/h7,9-12,14-17H,2-6H2,1H3,(H,19,20,21)/b13-8+/t7-,9-,10+,11-,12+,25?/m1/s1. The van der Waals surface area contributed by atoms with Crippen LogP contribution in [0.4, 0.5) is 0 Å². The minimum atomic E-state index is -4.83. The van der Waals surface area contributed by atoms with Crippen LogP contribution in [0.15, 0.2) is 5.16 Å². The molecular weight excluding hydrogens is 414 g/mol. The lowest BCUT2D eigenvalue weighted by Crippen LogP contribution is -2.57. The first-order valence-corrected chi connectivity index (χ1v) is 11.5. The Morgan fingerprint density at radius 3 is 2.42 bits per heavy atom. The van der Waals surface area contributed by atoms with E-state index < -0.39 is 57.7 Å². The maximum atomic E-state index is 11.1. The lowest BCUT2D eigenvalue weighted by Gasteiger charge is -2.39. The van der Waals surface area contributed by atoms with Gasteiger partial charge in [0.05, 0.1) is 6.61 Å². The summed E-state index contributed by atoms with van der Waals surface area (Å²) in [6, 6.07) is 0. The van der Waals surface area contributed by atoms with Crippen molar-refractivity contribution in [3.05, 3.63) is 0 Å². The highest BCUT2D eigenvalue weighted by molar-refractivity contribution is 8.14. The number of thioether (sulfide) groups is 1. The third-order valence-electron chi connectivity index (χ3n) is 3.41. The lowest BCUT2D eigenvalue weighted by molar-refractivity contribution is -0.205. The van der Waals surface area contributed by atoms with Crippen LogP contribution in [-0.2, 0) is 30.2 Å². The number of oxime groups is 1.